The van der Waals surface area contributed by atoms with Gasteiger partial charge in [-0.15, -0.1) is 0 Å². The largest absolute Gasteiger partial charge is 0.385 e. The minimum Gasteiger partial charge on any atom is -0.385 e. The van der Waals surface area contributed by atoms with Crippen LogP contribution in [0.1, 0.15) is 30.9 Å². The van der Waals surface area contributed by atoms with Gasteiger partial charge in [0.25, 0.3) is 0 Å². The van der Waals surface area contributed by atoms with Crippen LogP contribution in [0.4, 0.5) is 4.39 Å². The van der Waals surface area contributed by atoms with Crippen LogP contribution in [0, 0.1) is 12.7 Å². The van der Waals surface area contributed by atoms with Crippen molar-refractivity contribution in [2.45, 2.75) is 38.4 Å². The summed E-state index contributed by atoms with van der Waals surface area (Å²) in [5.74, 6) is -0.229. The molecule has 3 heteroatoms. The molecule has 0 heterocycles. The smallest absolute Gasteiger partial charge is 0.126 e. The summed E-state index contributed by atoms with van der Waals surface area (Å²) in [4.78, 5) is 0. The minimum absolute atomic E-state index is 0.139. The van der Waals surface area contributed by atoms with Crippen LogP contribution in [0.2, 0.25) is 0 Å². The normalized spacial score (nSPS) is 28.9. The van der Waals surface area contributed by atoms with Crippen LogP contribution in [0.5, 0.6) is 0 Å². The predicted molar refractivity (Wildman–Crippen MR) is 59.7 cm³/mol. The highest BCUT2D eigenvalue weighted by Gasteiger charge is 2.44. The Balaban J connectivity index is 2.11. The molecule has 2 rings (SSSR count). The maximum absolute atomic E-state index is 13.1. The third kappa shape index (κ3) is 1.97. The zero-order valence-electron chi connectivity index (χ0n) is 9.66. The van der Waals surface area contributed by atoms with E-state index >= 15 is 0 Å². The SMILES string of the molecule is CCOC1CC(O)(c2ccc(F)c(C)c2)C1. The van der Waals surface area contributed by atoms with Gasteiger partial charge in [-0.25, -0.2) is 4.39 Å². The molecule has 0 spiro atoms. The van der Waals surface area contributed by atoms with Crippen LogP contribution in [0.25, 0.3) is 0 Å². The van der Waals surface area contributed by atoms with E-state index in [2.05, 4.69) is 0 Å². The van der Waals surface area contributed by atoms with Gasteiger partial charge in [-0.3, -0.25) is 0 Å². The fourth-order valence-corrected chi connectivity index (χ4v) is 2.22. The number of rotatable bonds is 3. The molecule has 1 N–H and O–H groups in total. The molecule has 0 saturated heterocycles. The van der Waals surface area contributed by atoms with Crippen molar-refractivity contribution in [3.8, 4) is 0 Å². The molecule has 0 unspecified atom stereocenters. The van der Waals surface area contributed by atoms with Gasteiger partial charge in [0.15, 0.2) is 0 Å². The maximum Gasteiger partial charge on any atom is 0.126 e. The van der Waals surface area contributed by atoms with Gasteiger partial charge in [0.05, 0.1) is 11.7 Å². The summed E-state index contributed by atoms with van der Waals surface area (Å²) in [5.41, 5.74) is 0.548. The van der Waals surface area contributed by atoms with Crippen LogP contribution >= 0.6 is 0 Å². The summed E-state index contributed by atoms with van der Waals surface area (Å²) in [6, 6.07) is 4.79. The Morgan fingerprint density at radius 1 is 1.50 bits per heavy atom. The van der Waals surface area contributed by atoms with Gasteiger partial charge >= 0.3 is 0 Å². The van der Waals surface area contributed by atoms with Crippen molar-refractivity contribution in [3.63, 3.8) is 0 Å². The summed E-state index contributed by atoms with van der Waals surface area (Å²) in [6.45, 7) is 4.32. The Morgan fingerprint density at radius 3 is 2.75 bits per heavy atom. The van der Waals surface area contributed by atoms with Crippen LogP contribution in [0.3, 0.4) is 0 Å². The van der Waals surface area contributed by atoms with Gasteiger partial charge in [-0.2, -0.15) is 0 Å². The number of hydrogen-bond donors (Lipinski definition) is 1. The van der Waals surface area contributed by atoms with Crippen molar-refractivity contribution < 1.29 is 14.2 Å². The molecule has 0 aliphatic heterocycles. The zero-order chi connectivity index (χ0) is 11.8. The number of ether oxygens (including phenoxy) is 1. The topological polar surface area (TPSA) is 29.5 Å². The van der Waals surface area contributed by atoms with E-state index in [1.165, 1.54) is 6.07 Å². The van der Waals surface area contributed by atoms with Crippen molar-refractivity contribution in [1.82, 2.24) is 0 Å². The highest BCUT2D eigenvalue weighted by Crippen LogP contribution is 2.43. The molecular formula is C13H17FO2. The Labute approximate surface area is 95.1 Å². The second-order valence-corrected chi connectivity index (χ2v) is 4.48. The predicted octanol–water partition coefficient (Wildman–Crippen LogP) is 2.52. The molecule has 0 aromatic heterocycles. The van der Waals surface area contributed by atoms with Gasteiger partial charge in [0.2, 0.25) is 0 Å². The van der Waals surface area contributed by atoms with Crippen molar-refractivity contribution in [2.75, 3.05) is 6.61 Å². The van der Waals surface area contributed by atoms with E-state index in [0.717, 1.165) is 5.56 Å². The monoisotopic (exact) mass is 224 g/mol. The number of aryl methyl sites for hydroxylation is 1. The third-order valence-electron chi connectivity index (χ3n) is 3.23. The van der Waals surface area contributed by atoms with Crippen LogP contribution in [0.15, 0.2) is 18.2 Å². The molecule has 1 aromatic rings. The van der Waals surface area contributed by atoms with Crippen LogP contribution in [-0.2, 0) is 10.3 Å². The highest BCUT2D eigenvalue weighted by atomic mass is 19.1. The highest BCUT2D eigenvalue weighted by molar-refractivity contribution is 5.30. The zero-order valence-corrected chi connectivity index (χ0v) is 9.66. The molecule has 0 radical (unpaired) electrons. The van der Waals surface area contributed by atoms with E-state index in [1.807, 2.05) is 6.92 Å². The first-order chi connectivity index (χ1) is 7.55. The molecule has 0 bridgehead atoms. The van der Waals surface area contributed by atoms with Gasteiger partial charge in [0, 0.05) is 19.4 Å². The third-order valence-corrected chi connectivity index (χ3v) is 3.23. The standard InChI is InChI=1S/C13H17FO2/c1-3-16-11-7-13(15,8-11)10-4-5-12(14)9(2)6-10/h4-6,11,15H,3,7-8H2,1-2H3. The molecule has 1 aromatic carbocycles. The summed E-state index contributed by atoms with van der Waals surface area (Å²) in [5, 5.41) is 10.3. The molecule has 0 atom stereocenters. The first kappa shape index (κ1) is 11.6. The molecular weight excluding hydrogens is 207 g/mol. The Kier molecular flexibility index (Phi) is 3.00. The summed E-state index contributed by atoms with van der Waals surface area (Å²) in [7, 11) is 0. The van der Waals surface area contributed by atoms with Crippen molar-refractivity contribution in [2.24, 2.45) is 0 Å². The molecule has 88 valence electrons. The summed E-state index contributed by atoms with van der Waals surface area (Å²) >= 11 is 0. The number of hydrogen-bond acceptors (Lipinski definition) is 2. The van der Waals surface area contributed by atoms with E-state index in [-0.39, 0.29) is 11.9 Å². The quantitative estimate of drug-likeness (QED) is 0.854. The second kappa shape index (κ2) is 4.15. The lowest BCUT2D eigenvalue weighted by molar-refractivity contribution is -0.142. The molecule has 1 saturated carbocycles. The maximum atomic E-state index is 13.1. The number of halogens is 1. The molecule has 1 fully saturated rings. The van der Waals surface area contributed by atoms with Crippen molar-refractivity contribution in [1.29, 1.82) is 0 Å². The fraction of sp³-hybridized carbons (Fsp3) is 0.538. The number of benzene rings is 1. The Morgan fingerprint density at radius 2 is 2.19 bits per heavy atom. The number of aliphatic hydroxyl groups is 1. The lowest BCUT2D eigenvalue weighted by Crippen LogP contribution is -2.45. The van der Waals surface area contributed by atoms with Gasteiger partial charge < -0.3 is 9.84 Å². The minimum atomic E-state index is -0.821. The van der Waals surface area contributed by atoms with E-state index in [0.29, 0.717) is 25.0 Å². The lowest BCUT2D eigenvalue weighted by Gasteiger charge is -2.43. The molecule has 16 heavy (non-hydrogen) atoms. The first-order valence-corrected chi connectivity index (χ1v) is 5.66. The summed E-state index contributed by atoms with van der Waals surface area (Å²) in [6.07, 6.45) is 1.35. The first-order valence-electron chi connectivity index (χ1n) is 5.66. The Bertz CT molecular complexity index is 384. The van der Waals surface area contributed by atoms with Crippen molar-refractivity contribution in [3.05, 3.63) is 35.1 Å². The van der Waals surface area contributed by atoms with E-state index in [9.17, 15) is 9.50 Å². The Hall–Kier alpha value is -0.930. The van der Waals surface area contributed by atoms with E-state index < -0.39 is 5.60 Å². The van der Waals surface area contributed by atoms with Crippen LogP contribution in [-0.4, -0.2) is 17.8 Å². The van der Waals surface area contributed by atoms with Gasteiger partial charge in [0.1, 0.15) is 5.82 Å². The van der Waals surface area contributed by atoms with E-state index in [1.54, 1.807) is 19.1 Å². The van der Waals surface area contributed by atoms with E-state index in [4.69, 9.17) is 4.74 Å². The average molecular weight is 224 g/mol. The molecule has 1 aliphatic rings. The average Bonchev–Trinajstić information content (AvgIpc) is 2.20. The molecule has 1 aliphatic carbocycles. The summed E-state index contributed by atoms with van der Waals surface area (Å²) < 4.78 is 18.5. The molecule has 0 amide bonds. The second-order valence-electron chi connectivity index (χ2n) is 4.48. The fourth-order valence-electron chi connectivity index (χ4n) is 2.22. The van der Waals surface area contributed by atoms with Crippen molar-refractivity contribution >= 4 is 0 Å². The van der Waals surface area contributed by atoms with Crippen LogP contribution < -0.4 is 0 Å². The van der Waals surface area contributed by atoms with Gasteiger partial charge in [-0.05, 0) is 31.0 Å². The molecule has 2 nitrogen and oxygen atoms in total. The van der Waals surface area contributed by atoms with Gasteiger partial charge in [-0.1, -0.05) is 12.1 Å². The lowest BCUT2D eigenvalue weighted by atomic mass is 9.72.